The van der Waals surface area contributed by atoms with Crippen molar-refractivity contribution in [3.63, 3.8) is 0 Å². The van der Waals surface area contributed by atoms with Gasteiger partial charge in [-0.1, -0.05) is 0 Å². The largest absolute Gasteiger partial charge is 0.375 e. The number of ether oxygens (including phenoxy) is 1. The van der Waals surface area contributed by atoms with Crippen molar-refractivity contribution < 1.29 is 4.74 Å². The number of hydrogen-bond donors (Lipinski definition) is 0. The zero-order chi connectivity index (χ0) is 5.11. The molecule has 1 rings (SSSR count). The molecule has 0 saturated heterocycles. The smallest absolute Gasteiger partial charge is 0.104 e. The van der Waals surface area contributed by atoms with Crippen LogP contribution in [0.4, 0.5) is 0 Å². The van der Waals surface area contributed by atoms with Gasteiger partial charge in [0.15, 0.2) is 0 Å². The first-order valence-corrected chi connectivity index (χ1v) is 2.19. The standard InChI is InChI=1S/C6H7O/c1-7-6-4-2-3-5-6/h2-5H,1H3. The van der Waals surface area contributed by atoms with E-state index < -0.39 is 0 Å². The average molecular weight is 95.1 g/mol. The highest BCUT2D eigenvalue weighted by atomic mass is 16.5. The molecule has 0 aromatic heterocycles. The number of methoxy groups -OCH3 is 1. The van der Waals surface area contributed by atoms with E-state index in [0.29, 0.717) is 0 Å². The van der Waals surface area contributed by atoms with E-state index in [1.807, 2.05) is 25.7 Å². The summed E-state index contributed by atoms with van der Waals surface area (Å²) in [4.78, 5) is 0. The van der Waals surface area contributed by atoms with Gasteiger partial charge in [0, 0.05) is 20.0 Å². The zero-order valence-corrected chi connectivity index (χ0v) is 4.22. The highest BCUT2D eigenvalue weighted by Crippen LogP contribution is 2.22. The summed E-state index contributed by atoms with van der Waals surface area (Å²) < 4.78 is 4.85. The Labute approximate surface area is 44.7 Å². The first-order valence-electron chi connectivity index (χ1n) is 2.19. The Balaban J connectivity index is 2.14. The lowest BCUT2D eigenvalue weighted by molar-refractivity contribution is 0.246. The van der Waals surface area contributed by atoms with Gasteiger partial charge in [-0.2, -0.15) is 0 Å². The molecule has 0 spiro atoms. The van der Waals surface area contributed by atoms with Gasteiger partial charge in [-0.15, -0.1) is 0 Å². The summed E-state index contributed by atoms with van der Waals surface area (Å²) in [5.74, 6) is 0. The van der Waals surface area contributed by atoms with E-state index in [9.17, 15) is 0 Å². The predicted molar refractivity (Wildman–Crippen MR) is 27.5 cm³/mol. The molecule has 0 aliphatic heterocycles. The second kappa shape index (κ2) is 2.31. The minimum atomic E-state index is 0.931. The molecule has 1 heteroatoms. The van der Waals surface area contributed by atoms with Crippen LogP contribution >= 0.6 is 0 Å². The van der Waals surface area contributed by atoms with Crippen molar-refractivity contribution in [1.29, 1.82) is 0 Å². The van der Waals surface area contributed by atoms with Crippen molar-refractivity contribution in [2.75, 3.05) is 7.11 Å². The van der Waals surface area contributed by atoms with Gasteiger partial charge >= 0.3 is 0 Å². The van der Waals surface area contributed by atoms with Crippen molar-refractivity contribution in [1.82, 2.24) is 0 Å². The van der Waals surface area contributed by atoms with Crippen molar-refractivity contribution in [3.8, 4) is 0 Å². The number of hydrogen-bond acceptors (Lipinski definition) is 1. The summed E-state index contributed by atoms with van der Waals surface area (Å²) in [6, 6.07) is 0. The minimum absolute atomic E-state index is 0.931. The summed E-state index contributed by atoms with van der Waals surface area (Å²) in [7, 11) is 1.66. The van der Waals surface area contributed by atoms with Crippen LogP contribution in [0, 0.1) is 31.8 Å². The topological polar surface area (TPSA) is 9.23 Å². The molecule has 37 valence electrons. The minimum Gasteiger partial charge on any atom is -0.375 e. The van der Waals surface area contributed by atoms with Gasteiger partial charge in [-0.25, -0.2) is 0 Å². The third kappa shape index (κ3) is 1.16. The molecule has 0 aromatic rings. The second-order valence-electron chi connectivity index (χ2n) is 1.32. The van der Waals surface area contributed by atoms with E-state index >= 15 is 0 Å². The molecule has 0 amide bonds. The van der Waals surface area contributed by atoms with Crippen LogP contribution in [0.2, 0.25) is 0 Å². The van der Waals surface area contributed by atoms with Gasteiger partial charge in [-0.05, 0) is 12.8 Å². The van der Waals surface area contributed by atoms with Crippen LogP contribution in [0.25, 0.3) is 0 Å². The van der Waals surface area contributed by atoms with Crippen molar-refractivity contribution in [2.45, 2.75) is 0 Å². The molecule has 0 aromatic carbocycles. The fraction of sp³-hybridized carbons (Fsp3) is 0.167. The van der Waals surface area contributed by atoms with Gasteiger partial charge in [0.1, 0.15) is 6.10 Å². The maximum Gasteiger partial charge on any atom is 0.104 e. The molecule has 5 radical (unpaired) electrons. The third-order valence-electron chi connectivity index (χ3n) is 0.868. The van der Waals surface area contributed by atoms with Crippen molar-refractivity contribution in [3.05, 3.63) is 31.8 Å². The molecule has 0 unspecified atom stereocenters. The predicted octanol–water partition coefficient (Wildman–Crippen LogP) is 0.996. The van der Waals surface area contributed by atoms with Crippen LogP contribution in [0.1, 0.15) is 0 Å². The number of rotatable bonds is 1. The normalized spacial score (nSPS) is 23.6. The van der Waals surface area contributed by atoms with Gasteiger partial charge in [-0.3, -0.25) is 0 Å². The highest BCUT2D eigenvalue weighted by Gasteiger charge is 2.15. The third-order valence-corrected chi connectivity index (χ3v) is 0.868. The average Bonchev–Trinajstić information content (AvgIpc) is 2.14. The summed E-state index contributed by atoms with van der Waals surface area (Å²) >= 11 is 0. The first-order chi connectivity index (χ1) is 3.43. The Bertz CT molecular complexity index is 46.1. The van der Waals surface area contributed by atoms with E-state index in [-0.39, 0.29) is 0 Å². The Kier molecular flexibility index (Phi) is 1.69. The Hall–Kier alpha value is -0.0400. The Morgan fingerprint density at radius 1 is 1.29 bits per heavy atom. The fourth-order valence-corrected chi connectivity index (χ4v) is 0.492. The molecule has 0 bridgehead atoms. The zero-order valence-electron chi connectivity index (χ0n) is 4.22. The maximum atomic E-state index is 4.85. The van der Waals surface area contributed by atoms with E-state index in [4.69, 9.17) is 4.74 Å². The molecule has 0 atom stereocenters. The Morgan fingerprint density at radius 2 is 1.86 bits per heavy atom. The van der Waals surface area contributed by atoms with Crippen LogP contribution in [-0.2, 0) is 4.74 Å². The lowest BCUT2D eigenvalue weighted by atomic mass is 10.3. The van der Waals surface area contributed by atoms with Gasteiger partial charge < -0.3 is 4.74 Å². The SMILES string of the molecule is CO[C]1[CH][CH][CH][CH]1. The first kappa shape index (κ1) is 5.10. The quantitative estimate of drug-likeness (QED) is 0.472. The van der Waals surface area contributed by atoms with E-state index in [1.165, 1.54) is 0 Å². The molecule has 1 saturated carbocycles. The summed E-state index contributed by atoms with van der Waals surface area (Å²) in [5, 5.41) is 0. The highest BCUT2D eigenvalue weighted by molar-refractivity contribution is 5.30. The van der Waals surface area contributed by atoms with E-state index in [1.54, 1.807) is 7.11 Å². The molecule has 0 heterocycles. The van der Waals surface area contributed by atoms with Gasteiger partial charge in [0.05, 0.1) is 0 Å². The van der Waals surface area contributed by atoms with Crippen molar-refractivity contribution >= 4 is 0 Å². The molecular formula is C6H7O. The lowest BCUT2D eigenvalue weighted by Gasteiger charge is -1.99. The lowest BCUT2D eigenvalue weighted by Crippen LogP contribution is -1.91. The monoisotopic (exact) mass is 95.0 g/mol. The summed E-state index contributed by atoms with van der Waals surface area (Å²) in [6.45, 7) is 0. The van der Waals surface area contributed by atoms with Crippen LogP contribution in [-0.4, -0.2) is 7.11 Å². The van der Waals surface area contributed by atoms with Crippen LogP contribution in [0.3, 0.4) is 0 Å². The molecular weight excluding hydrogens is 88.1 g/mol. The second-order valence-corrected chi connectivity index (χ2v) is 1.32. The van der Waals surface area contributed by atoms with Crippen LogP contribution < -0.4 is 0 Å². The van der Waals surface area contributed by atoms with Crippen LogP contribution in [0.15, 0.2) is 0 Å². The molecule has 0 N–H and O–H groups in total. The van der Waals surface area contributed by atoms with E-state index in [0.717, 1.165) is 6.10 Å². The van der Waals surface area contributed by atoms with E-state index in [2.05, 4.69) is 0 Å². The van der Waals surface area contributed by atoms with Gasteiger partial charge in [0.25, 0.3) is 0 Å². The molecule has 1 fully saturated rings. The Morgan fingerprint density at radius 3 is 2.14 bits per heavy atom. The molecule has 1 aliphatic rings. The van der Waals surface area contributed by atoms with Crippen LogP contribution in [0.5, 0.6) is 0 Å². The summed E-state index contributed by atoms with van der Waals surface area (Å²) in [6.07, 6.45) is 8.65. The molecule has 1 nitrogen and oxygen atoms in total. The molecule has 7 heavy (non-hydrogen) atoms. The van der Waals surface area contributed by atoms with Gasteiger partial charge in [0.2, 0.25) is 0 Å². The molecule has 1 aliphatic carbocycles. The summed E-state index contributed by atoms with van der Waals surface area (Å²) in [5.41, 5.74) is 0. The fourth-order valence-electron chi connectivity index (χ4n) is 0.492. The van der Waals surface area contributed by atoms with Crippen molar-refractivity contribution in [2.24, 2.45) is 0 Å². The maximum absolute atomic E-state index is 4.85.